The van der Waals surface area contributed by atoms with Gasteiger partial charge in [-0.2, -0.15) is 0 Å². The maximum Gasteiger partial charge on any atom is 0.227 e. The van der Waals surface area contributed by atoms with Gasteiger partial charge in [0.05, 0.1) is 23.6 Å². The lowest BCUT2D eigenvalue weighted by Crippen LogP contribution is -2.45. The third-order valence-corrected chi connectivity index (χ3v) is 4.49. The number of carbonyl (C=O) groups excluding carboxylic acids is 1. The van der Waals surface area contributed by atoms with Gasteiger partial charge in [-0.25, -0.2) is 0 Å². The quantitative estimate of drug-likeness (QED) is 0.801. The topological polar surface area (TPSA) is 55.6 Å². The Morgan fingerprint density at radius 3 is 2.65 bits per heavy atom. The van der Waals surface area contributed by atoms with Gasteiger partial charge in [-0.3, -0.25) is 4.79 Å². The van der Waals surface area contributed by atoms with E-state index in [1.165, 1.54) is 0 Å². The van der Waals surface area contributed by atoms with Crippen LogP contribution in [0, 0.1) is 5.41 Å². The Balaban J connectivity index is 1.79. The van der Waals surface area contributed by atoms with E-state index in [4.69, 9.17) is 10.5 Å². The van der Waals surface area contributed by atoms with Crippen LogP contribution >= 0.6 is 0 Å². The number of hydrogen-bond acceptors (Lipinski definition) is 3. The molecule has 2 heterocycles. The summed E-state index contributed by atoms with van der Waals surface area (Å²) in [6.07, 6.45) is 2.51. The number of ether oxygens (including phenoxy) is 1. The minimum Gasteiger partial charge on any atom is -0.397 e. The normalized spacial score (nSPS) is 29.1. The van der Waals surface area contributed by atoms with E-state index < -0.39 is 0 Å². The summed E-state index contributed by atoms with van der Waals surface area (Å²) < 4.78 is 5.85. The van der Waals surface area contributed by atoms with Crippen LogP contribution in [0.5, 0.6) is 0 Å². The van der Waals surface area contributed by atoms with Gasteiger partial charge in [-0.15, -0.1) is 0 Å². The van der Waals surface area contributed by atoms with Crippen molar-refractivity contribution < 1.29 is 9.53 Å². The first-order chi connectivity index (χ1) is 9.41. The molecule has 0 aromatic heterocycles. The highest BCUT2D eigenvalue weighted by molar-refractivity contribution is 5.97. The lowest BCUT2D eigenvalue weighted by Gasteiger charge is -2.38. The fourth-order valence-corrected chi connectivity index (χ4v) is 3.59. The Morgan fingerprint density at radius 1 is 1.30 bits per heavy atom. The molecule has 1 spiro atoms. The van der Waals surface area contributed by atoms with Crippen molar-refractivity contribution in [2.75, 3.05) is 23.8 Å². The molecule has 4 heteroatoms. The van der Waals surface area contributed by atoms with Gasteiger partial charge in [0.2, 0.25) is 5.91 Å². The van der Waals surface area contributed by atoms with Crippen LogP contribution in [0.2, 0.25) is 0 Å². The number of carbonyl (C=O) groups is 1. The molecular weight excluding hydrogens is 252 g/mol. The number of nitrogen functional groups attached to an aromatic ring is 1. The van der Waals surface area contributed by atoms with Crippen LogP contribution in [-0.4, -0.2) is 24.7 Å². The highest BCUT2D eigenvalue weighted by Crippen LogP contribution is 2.47. The molecule has 0 bridgehead atoms. The van der Waals surface area contributed by atoms with E-state index >= 15 is 0 Å². The second-order valence-corrected chi connectivity index (χ2v) is 6.76. The van der Waals surface area contributed by atoms with Crippen LogP contribution in [0.4, 0.5) is 11.4 Å². The number of rotatable bonds is 1. The van der Waals surface area contributed by atoms with E-state index in [-0.39, 0.29) is 16.9 Å². The minimum atomic E-state index is -0.103. The fraction of sp³-hybridized carbons (Fsp3) is 0.562. The monoisotopic (exact) mass is 274 g/mol. The molecule has 3 rings (SSSR count). The van der Waals surface area contributed by atoms with Gasteiger partial charge in [0.1, 0.15) is 0 Å². The van der Waals surface area contributed by atoms with Crippen molar-refractivity contribution in [2.24, 2.45) is 5.41 Å². The minimum absolute atomic E-state index is 0.0284. The van der Waals surface area contributed by atoms with Gasteiger partial charge >= 0.3 is 0 Å². The number of amides is 1. The summed E-state index contributed by atoms with van der Waals surface area (Å²) in [4.78, 5) is 14.4. The average molecular weight is 274 g/mol. The molecule has 20 heavy (non-hydrogen) atoms. The Hall–Kier alpha value is -1.55. The number of piperidine rings is 1. The molecule has 108 valence electrons. The zero-order chi connectivity index (χ0) is 14.4. The third-order valence-electron chi connectivity index (χ3n) is 4.49. The van der Waals surface area contributed by atoms with Crippen LogP contribution in [0.25, 0.3) is 0 Å². The molecule has 0 radical (unpaired) electrons. The molecule has 2 saturated heterocycles. The summed E-state index contributed by atoms with van der Waals surface area (Å²) >= 11 is 0. The largest absolute Gasteiger partial charge is 0.397 e. The predicted molar refractivity (Wildman–Crippen MR) is 79.5 cm³/mol. The van der Waals surface area contributed by atoms with Crippen molar-refractivity contribution in [2.45, 2.75) is 38.7 Å². The number of hydrogen-bond donors (Lipinski definition) is 1. The van der Waals surface area contributed by atoms with Crippen molar-refractivity contribution in [1.82, 2.24) is 0 Å². The highest BCUT2D eigenvalue weighted by Gasteiger charge is 2.48. The summed E-state index contributed by atoms with van der Waals surface area (Å²) in [6.45, 7) is 5.64. The molecule has 1 unspecified atom stereocenters. The first kappa shape index (κ1) is 13.4. The fourth-order valence-electron chi connectivity index (χ4n) is 3.59. The van der Waals surface area contributed by atoms with E-state index in [9.17, 15) is 4.79 Å². The first-order valence-electron chi connectivity index (χ1n) is 7.20. The smallest absolute Gasteiger partial charge is 0.227 e. The lowest BCUT2D eigenvalue weighted by molar-refractivity contribution is -0.122. The van der Waals surface area contributed by atoms with Gasteiger partial charge in [0, 0.05) is 18.4 Å². The molecule has 2 aliphatic heterocycles. The van der Waals surface area contributed by atoms with Crippen LogP contribution in [-0.2, 0) is 9.53 Å². The summed E-state index contributed by atoms with van der Waals surface area (Å²) in [5.74, 6) is 0.162. The van der Waals surface area contributed by atoms with Crippen LogP contribution in [0.3, 0.4) is 0 Å². The van der Waals surface area contributed by atoms with E-state index in [0.29, 0.717) is 18.7 Å². The third kappa shape index (κ3) is 2.29. The van der Waals surface area contributed by atoms with E-state index in [2.05, 4.69) is 13.8 Å². The van der Waals surface area contributed by atoms with Crippen molar-refractivity contribution in [1.29, 1.82) is 0 Å². The maximum atomic E-state index is 12.5. The molecule has 2 fully saturated rings. The van der Waals surface area contributed by atoms with Gasteiger partial charge < -0.3 is 15.4 Å². The van der Waals surface area contributed by atoms with Crippen LogP contribution in [0.15, 0.2) is 24.3 Å². The van der Waals surface area contributed by atoms with Crippen molar-refractivity contribution >= 4 is 17.3 Å². The Morgan fingerprint density at radius 2 is 2.05 bits per heavy atom. The standard InChI is InChI=1S/C16H22N2O2/c1-15(2)10-16(11-20-15)7-8-18(14(19)9-16)13-6-4-3-5-12(13)17/h3-6H,7-11,17H2,1-2H3. The van der Waals surface area contributed by atoms with E-state index in [1.807, 2.05) is 29.2 Å². The SMILES string of the molecule is CC1(C)CC2(CCN(c3ccccc3N)C(=O)C2)CO1. The number of nitrogens with zero attached hydrogens (tertiary/aromatic N) is 1. The molecular formula is C16H22N2O2. The van der Waals surface area contributed by atoms with Crippen molar-refractivity contribution in [3.8, 4) is 0 Å². The molecule has 1 aromatic carbocycles. The molecule has 4 nitrogen and oxygen atoms in total. The number of nitrogens with two attached hydrogens (primary N) is 1. The molecule has 2 N–H and O–H groups in total. The van der Waals surface area contributed by atoms with Gasteiger partial charge in [-0.1, -0.05) is 12.1 Å². The van der Waals surface area contributed by atoms with Crippen LogP contribution in [0.1, 0.15) is 33.1 Å². The summed E-state index contributed by atoms with van der Waals surface area (Å²) in [5.41, 5.74) is 7.41. The second-order valence-electron chi connectivity index (χ2n) is 6.76. The molecule has 0 aliphatic carbocycles. The van der Waals surface area contributed by atoms with E-state index in [0.717, 1.165) is 25.1 Å². The van der Waals surface area contributed by atoms with Crippen LogP contribution < -0.4 is 10.6 Å². The van der Waals surface area contributed by atoms with Crippen molar-refractivity contribution in [3.05, 3.63) is 24.3 Å². The Kier molecular flexibility index (Phi) is 3.01. The second kappa shape index (κ2) is 4.48. The molecule has 0 saturated carbocycles. The van der Waals surface area contributed by atoms with Gasteiger partial charge in [0.25, 0.3) is 0 Å². The maximum absolute atomic E-state index is 12.5. The molecule has 1 atom stereocenters. The Labute approximate surface area is 119 Å². The zero-order valence-electron chi connectivity index (χ0n) is 12.2. The number of benzene rings is 1. The van der Waals surface area contributed by atoms with Crippen molar-refractivity contribution in [3.63, 3.8) is 0 Å². The molecule has 1 aromatic rings. The number of para-hydroxylation sites is 2. The first-order valence-corrected chi connectivity index (χ1v) is 7.20. The number of anilines is 2. The van der Waals surface area contributed by atoms with Gasteiger partial charge in [-0.05, 0) is 38.8 Å². The Bertz CT molecular complexity index is 541. The highest BCUT2D eigenvalue weighted by atomic mass is 16.5. The van der Waals surface area contributed by atoms with E-state index in [1.54, 1.807) is 0 Å². The summed E-state index contributed by atoms with van der Waals surface area (Å²) in [5, 5.41) is 0. The zero-order valence-corrected chi connectivity index (χ0v) is 12.2. The lowest BCUT2D eigenvalue weighted by atomic mass is 9.74. The average Bonchev–Trinajstić information content (AvgIpc) is 2.66. The molecule has 2 aliphatic rings. The summed E-state index contributed by atoms with van der Waals surface area (Å²) in [7, 11) is 0. The molecule has 1 amide bonds. The summed E-state index contributed by atoms with van der Waals surface area (Å²) in [6, 6.07) is 7.57. The predicted octanol–water partition coefficient (Wildman–Crippen LogP) is 2.58. The van der Waals surface area contributed by atoms with Gasteiger partial charge in [0.15, 0.2) is 0 Å².